The van der Waals surface area contributed by atoms with Gasteiger partial charge in [-0.2, -0.15) is 0 Å². The number of nitrogens with zero attached hydrogens (tertiary/aromatic N) is 2. The number of carbonyl (C=O) groups excluding carboxylic acids is 2. The third-order valence-corrected chi connectivity index (χ3v) is 7.71. The van der Waals surface area contributed by atoms with Gasteiger partial charge in [-0.05, 0) is 55.8 Å². The number of para-hydroxylation sites is 1. The number of anilines is 1. The normalized spacial score (nSPS) is 12.0. The standard InChI is InChI=1S/C26H27ClFN3O4S/c1-18-8-14-22(15-9-18)36(34,35)31(24-7-5-4-6-23(24)28)17-25(32)30(19(2)26(33)29-3)16-20-10-12-21(27)13-11-20/h4-15,19H,16-17H2,1-3H3,(H,29,33)/t19-/m0/s1. The lowest BCUT2D eigenvalue weighted by molar-refractivity contribution is -0.139. The fraction of sp³-hybridized carbons (Fsp3) is 0.231. The molecule has 0 heterocycles. The Morgan fingerprint density at radius 1 is 1.00 bits per heavy atom. The predicted molar refractivity (Wildman–Crippen MR) is 138 cm³/mol. The van der Waals surface area contributed by atoms with E-state index < -0.39 is 40.2 Å². The Labute approximate surface area is 215 Å². The number of hydrogen-bond donors (Lipinski definition) is 1. The van der Waals surface area contributed by atoms with Crippen LogP contribution in [0.2, 0.25) is 5.02 Å². The van der Waals surface area contributed by atoms with Crippen LogP contribution in [0, 0.1) is 12.7 Å². The van der Waals surface area contributed by atoms with Crippen molar-refractivity contribution in [2.24, 2.45) is 0 Å². The number of amides is 2. The molecule has 0 saturated heterocycles. The van der Waals surface area contributed by atoms with E-state index in [1.807, 2.05) is 6.92 Å². The maximum absolute atomic E-state index is 14.8. The molecule has 0 aliphatic carbocycles. The summed E-state index contributed by atoms with van der Waals surface area (Å²) in [7, 11) is -2.88. The number of sulfonamides is 1. The summed E-state index contributed by atoms with van der Waals surface area (Å²) in [5.74, 6) is -1.92. The van der Waals surface area contributed by atoms with Gasteiger partial charge in [0.05, 0.1) is 10.6 Å². The molecule has 0 aromatic heterocycles. The zero-order chi connectivity index (χ0) is 26.5. The van der Waals surface area contributed by atoms with E-state index in [1.165, 1.54) is 49.2 Å². The maximum Gasteiger partial charge on any atom is 0.264 e. The second-order valence-electron chi connectivity index (χ2n) is 8.21. The van der Waals surface area contributed by atoms with Gasteiger partial charge < -0.3 is 10.2 Å². The van der Waals surface area contributed by atoms with Crippen LogP contribution in [0.15, 0.2) is 77.7 Å². The minimum atomic E-state index is -4.32. The molecule has 0 fully saturated rings. The highest BCUT2D eigenvalue weighted by molar-refractivity contribution is 7.92. The van der Waals surface area contributed by atoms with Gasteiger partial charge in [-0.25, -0.2) is 12.8 Å². The van der Waals surface area contributed by atoms with E-state index >= 15 is 0 Å². The van der Waals surface area contributed by atoms with Crippen molar-refractivity contribution in [3.05, 3.63) is 94.8 Å². The molecular weight excluding hydrogens is 505 g/mol. The molecule has 190 valence electrons. The first-order valence-electron chi connectivity index (χ1n) is 11.1. The number of likely N-dealkylation sites (N-methyl/N-ethyl adjacent to an activating group) is 1. The van der Waals surface area contributed by atoms with Crippen molar-refractivity contribution in [3.63, 3.8) is 0 Å². The monoisotopic (exact) mass is 531 g/mol. The first-order chi connectivity index (χ1) is 17.0. The summed E-state index contributed by atoms with van der Waals surface area (Å²) in [6, 6.07) is 17.2. The summed E-state index contributed by atoms with van der Waals surface area (Å²) in [6.45, 7) is 2.64. The minimum absolute atomic E-state index is 0.0142. The Hall–Kier alpha value is -3.43. The van der Waals surface area contributed by atoms with Gasteiger partial charge >= 0.3 is 0 Å². The molecule has 0 bridgehead atoms. The molecule has 36 heavy (non-hydrogen) atoms. The summed E-state index contributed by atoms with van der Waals surface area (Å²) < 4.78 is 42.8. The fourth-order valence-corrected chi connectivity index (χ4v) is 5.13. The van der Waals surface area contributed by atoms with Crippen LogP contribution in [0.1, 0.15) is 18.1 Å². The molecule has 1 N–H and O–H groups in total. The Bertz CT molecular complexity index is 1330. The topological polar surface area (TPSA) is 86.8 Å². The van der Waals surface area contributed by atoms with Gasteiger partial charge in [0.1, 0.15) is 18.4 Å². The second-order valence-corrected chi connectivity index (χ2v) is 10.5. The van der Waals surface area contributed by atoms with Gasteiger partial charge in [0.25, 0.3) is 10.0 Å². The summed E-state index contributed by atoms with van der Waals surface area (Å²) in [5, 5.41) is 3.01. The number of benzene rings is 3. The lowest BCUT2D eigenvalue weighted by Crippen LogP contribution is -2.50. The van der Waals surface area contributed by atoms with Crippen molar-refractivity contribution in [2.75, 3.05) is 17.9 Å². The first-order valence-corrected chi connectivity index (χ1v) is 13.0. The maximum atomic E-state index is 14.8. The smallest absolute Gasteiger partial charge is 0.264 e. The average Bonchev–Trinajstić information content (AvgIpc) is 2.86. The van der Waals surface area contributed by atoms with Crippen molar-refractivity contribution < 1.29 is 22.4 Å². The van der Waals surface area contributed by atoms with E-state index in [1.54, 1.807) is 36.4 Å². The molecular formula is C26H27ClFN3O4S. The molecule has 0 saturated carbocycles. The van der Waals surface area contributed by atoms with Crippen molar-refractivity contribution in [3.8, 4) is 0 Å². The third kappa shape index (κ3) is 6.22. The van der Waals surface area contributed by atoms with E-state index in [0.717, 1.165) is 15.9 Å². The molecule has 0 aliphatic heterocycles. The molecule has 0 spiro atoms. The van der Waals surface area contributed by atoms with Crippen LogP contribution in [0.25, 0.3) is 0 Å². The van der Waals surface area contributed by atoms with Crippen LogP contribution in [0.3, 0.4) is 0 Å². The second kappa shape index (κ2) is 11.5. The van der Waals surface area contributed by atoms with Gasteiger partial charge in [0, 0.05) is 18.6 Å². The number of nitrogens with one attached hydrogen (secondary N) is 1. The molecule has 7 nitrogen and oxygen atoms in total. The van der Waals surface area contributed by atoms with Crippen molar-refractivity contribution >= 4 is 39.1 Å². The van der Waals surface area contributed by atoms with E-state index in [-0.39, 0.29) is 17.1 Å². The van der Waals surface area contributed by atoms with Gasteiger partial charge in [-0.1, -0.05) is 53.6 Å². The summed E-state index contributed by atoms with van der Waals surface area (Å²) in [4.78, 5) is 27.2. The van der Waals surface area contributed by atoms with E-state index in [4.69, 9.17) is 11.6 Å². The van der Waals surface area contributed by atoms with Crippen molar-refractivity contribution in [2.45, 2.75) is 31.3 Å². The number of hydrogen-bond acceptors (Lipinski definition) is 4. The van der Waals surface area contributed by atoms with Gasteiger partial charge in [0.2, 0.25) is 11.8 Å². The number of carbonyl (C=O) groups is 2. The number of halogens is 2. The summed E-state index contributed by atoms with van der Waals surface area (Å²) in [6.07, 6.45) is 0. The van der Waals surface area contributed by atoms with Crippen LogP contribution in [0.5, 0.6) is 0 Å². The zero-order valence-corrected chi connectivity index (χ0v) is 21.7. The highest BCUT2D eigenvalue weighted by Gasteiger charge is 2.33. The summed E-state index contributed by atoms with van der Waals surface area (Å²) >= 11 is 5.96. The highest BCUT2D eigenvalue weighted by Crippen LogP contribution is 2.27. The highest BCUT2D eigenvalue weighted by atomic mass is 35.5. The van der Waals surface area contributed by atoms with Crippen LogP contribution >= 0.6 is 11.6 Å². The summed E-state index contributed by atoms with van der Waals surface area (Å²) in [5.41, 5.74) is 1.25. The van der Waals surface area contributed by atoms with Crippen LogP contribution < -0.4 is 9.62 Å². The first kappa shape index (κ1) is 27.2. The molecule has 10 heteroatoms. The van der Waals surface area contributed by atoms with Crippen molar-refractivity contribution in [1.29, 1.82) is 0 Å². The molecule has 3 aromatic rings. The average molecular weight is 532 g/mol. The number of rotatable bonds is 9. The zero-order valence-electron chi connectivity index (χ0n) is 20.1. The van der Waals surface area contributed by atoms with E-state index in [9.17, 15) is 22.4 Å². The molecule has 1 atom stereocenters. The van der Waals surface area contributed by atoms with Crippen LogP contribution in [-0.2, 0) is 26.2 Å². The van der Waals surface area contributed by atoms with Gasteiger partial charge in [-0.15, -0.1) is 0 Å². The lowest BCUT2D eigenvalue weighted by Gasteiger charge is -2.31. The predicted octanol–water partition coefficient (Wildman–Crippen LogP) is 4.15. The molecule has 3 aromatic carbocycles. The Morgan fingerprint density at radius 3 is 2.19 bits per heavy atom. The lowest BCUT2D eigenvalue weighted by atomic mass is 10.1. The van der Waals surface area contributed by atoms with Gasteiger partial charge in [-0.3, -0.25) is 13.9 Å². The largest absolute Gasteiger partial charge is 0.357 e. The Balaban J connectivity index is 2.04. The Kier molecular flexibility index (Phi) is 8.70. The Morgan fingerprint density at radius 2 is 1.61 bits per heavy atom. The molecule has 0 aliphatic rings. The number of aryl methyl sites for hydroxylation is 1. The van der Waals surface area contributed by atoms with E-state index in [0.29, 0.717) is 10.6 Å². The SMILES string of the molecule is CNC(=O)[C@H](C)N(Cc1ccc(Cl)cc1)C(=O)CN(c1ccccc1F)S(=O)(=O)c1ccc(C)cc1. The van der Waals surface area contributed by atoms with Crippen molar-refractivity contribution in [1.82, 2.24) is 10.2 Å². The van der Waals surface area contributed by atoms with E-state index in [2.05, 4.69) is 5.32 Å². The third-order valence-electron chi connectivity index (χ3n) is 5.69. The molecule has 3 rings (SSSR count). The molecule has 0 unspecified atom stereocenters. The quantitative estimate of drug-likeness (QED) is 0.449. The molecule has 0 radical (unpaired) electrons. The fourth-order valence-electron chi connectivity index (χ4n) is 3.58. The van der Waals surface area contributed by atoms with Crippen LogP contribution in [0.4, 0.5) is 10.1 Å². The molecule has 2 amide bonds. The van der Waals surface area contributed by atoms with Crippen LogP contribution in [-0.4, -0.2) is 44.8 Å². The minimum Gasteiger partial charge on any atom is -0.357 e. The van der Waals surface area contributed by atoms with Gasteiger partial charge in [0.15, 0.2) is 0 Å².